The molecule has 5 aromatic carbocycles. The number of benzene rings is 5. The molecule has 0 spiro atoms. The summed E-state index contributed by atoms with van der Waals surface area (Å²) in [6.45, 7) is 8.48. The minimum Gasteiger partial charge on any atom is -0.456 e. The zero-order valence-corrected chi connectivity index (χ0v) is 26.6. The smallest absolute Gasteiger partial charge is 0.155 e. The van der Waals surface area contributed by atoms with Crippen molar-refractivity contribution in [1.82, 2.24) is 0 Å². The highest BCUT2D eigenvalue weighted by molar-refractivity contribution is 6.08. The second-order valence-corrected chi connectivity index (χ2v) is 13.7. The first-order valence-corrected chi connectivity index (χ1v) is 15.7. The molecule has 0 unspecified atom stereocenters. The maximum Gasteiger partial charge on any atom is 0.155 e. The number of ether oxygens (including phenoxy) is 1. The highest BCUT2D eigenvalue weighted by Crippen LogP contribution is 2.58. The molecule has 0 N–H and O–H groups in total. The van der Waals surface area contributed by atoms with Crippen molar-refractivity contribution in [2.24, 2.45) is 0 Å². The van der Waals surface area contributed by atoms with Crippen molar-refractivity contribution in [2.75, 3.05) is 4.90 Å². The van der Waals surface area contributed by atoms with E-state index in [1.54, 1.807) is 0 Å². The van der Waals surface area contributed by atoms with Crippen molar-refractivity contribution in [1.29, 1.82) is 15.8 Å². The highest BCUT2D eigenvalue weighted by atomic mass is 16.5. The topological polar surface area (TPSA) is 97.0 Å². The third-order valence-electron chi connectivity index (χ3n) is 9.99. The van der Waals surface area contributed by atoms with Crippen LogP contribution < -0.4 is 9.64 Å². The minimum absolute atomic E-state index is 0.191. The number of furan rings is 1. The van der Waals surface area contributed by atoms with Gasteiger partial charge in [-0.05, 0) is 70.2 Å². The molecule has 6 aromatic rings. The Labute approximate surface area is 273 Å². The molecule has 1 aromatic heterocycles. The maximum atomic E-state index is 11.0. The molecule has 2 aliphatic rings. The lowest BCUT2D eigenvalue weighted by Gasteiger charge is -2.44. The molecule has 0 radical (unpaired) electrons. The minimum atomic E-state index is -0.399. The Hall–Kier alpha value is -6.03. The van der Waals surface area contributed by atoms with Crippen LogP contribution in [0.15, 0.2) is 89.3 Å². The number of nitriles is 3. The average Bonchev–Trinajstić information content (AvgIpc) is 3.44. The van der Waals surface area contributed by atoms with Crippen molar-refractivity contribution in [3.8, 4) is 40.8 Å². The zero-order chi connectivity index (χ0) is 32.7. The lowest BCUT2D eigenvalue weighted by atomic mass is 9.60. The molecule has 0 bridgehead atoms. The van der Waals surface area contributed by atoms with Gasteiger partial charge in [0.05, 0.1) is 33.8 Å². The SMILES string of the molecule is CC1(C)CCC(C)(C)c2c(C#N)c(N3c4ccc(-c5ccccc5)cc4Oc4cc5oc6ccccc6c5cc43)c(C#N)c(C#N)c21. The number of rotatable bonds is 2. The molecule has 0 amide bonds. The van der Waals surface area contributed by atoms with Crippen LogP contribution in [-0.4, -0.2) is 0 Å². The van der Waals surface area contributed by atoms with Crippen LogP contribution in [0.4, 0.5) is 17.1 Å². The fraction of sp³-hybridized carbons (Fsp3) is 0.195. The summed E-state index contributed by atoms with van der Waals surface area (Å²) in [7, 11) is 0. The largest absolute Gasteiger partial charge is 0.456 e. The lowest BCUT2D eigenvalue weighted by molar-refractivity contribution is 0.330. The molecule has 0 atom stereocenters. The summed E-state index contributed by atoms with van der Waals surface area (Å²) >= 11 is 0. The van der Waals surface area contributed by atoms with Gasteiger partial charge in [0.1, 0.15) is 29.4 Å². The van der Waals surface area contributed by atoms with Crippen LogP contribution in [-0.2, 0) is 10.8 Å². The summed E-state index contributed by atoms with van der Waals surface area (Å²) < 4.78 is 12.9. The van der Waals surface area contributed by atoms with Gasteiger partial charge in [-0.15, -0.1) is 0 Å². The van der Waals surface area contributed by atoms with E-state index in [4.69, 9.17) is 9.15 Å². The second-order valence-electron chi connectivity index (χ2n) is 13.7. The van der Waals surface area contributed by atoms with E-state index in [-0.39, 0.29) is 11.0 Å². The first kappa shape index (κ1) is 28.4. The average molecular weight is 611 g/mol. The van der Waals surface area contributed by atoms with Crippen LogP contribution in [0.25, 0.3) is 33.1 Å². The number of nitrogens with zero attached hydrogens (tertiary/aromatic N) is 4. The fourth-order valence-corrected chi connectivity index (χ4v) is 7.60. The first-order valence-electron chi connectivity index (χ1n) is 15.7. The van der Waals surface area contributed by atoms with Gasteiger partial charge >= 0.3 is 0 Å². The molecule has 226 valence electrons. The van der Waals surface area contributed by atoms with Gasteiger partial charge in [0.25, 0.3) is 0 Å². The van der Waals surface area contributed by atoms with Gasteiger partial charge in [-0.1, -0.05) is 82.3 Å². The molecule has 0 saturated heterocycles. The summed E-state index contributed by atoms with van der Waals surface area (Å²) in [5, 5.41) is 34.5. The third-order valence-corrected chi connectivity index (χ3v) is 9.99. The van der Waals surface area contributed by atoms with Crippen molar-refractivity contribution < 1.29 is 9.15 Å². The van der Waals surface area contributed by atoms with Gasteiger partial charge in [-0.2, -0.15) is 15.8 Å². The molecule has 6 nitrogen and oxygen atoms in total. The summed E-state index contributed by atoms with van der Waals surface area (Å²) in [6.07, 6.45) is 1.68. The number of para-hydroxylation sites is 1. The second kappa shape index (κ2) is 9.98. The van der Waals surface area contributed by atoms with E-state index in [9.17, 15) is 15.8 Å². The molecule has 0 saturated carbocycles. The van der Waals surface area contributed by atoms with Crippen LogP contribution >= 0.6 is 0 Å². The Morgan fingerprint density at radius 2 is 1.23 bits per heavy atom. The Balaban J connectivity index is 1.51. The molecule has 1 aliphatic carbocycles. The van der Waals surface area contributed by atoms with Crippen LogP contribution in [0.1, 0.15) is 68.4 Å². The fourth-order valence-electron chi connectivity index (χ4n) is 7.60. The van der Waals surface area contributed by atoms with Crippen molar-refractivity contribution in [2.45, 2.75) is 51.4 Å². The van der Waals surface area contributed by atoms with E-state index in [0.717, 1.165) is 51.5 Å². The number of fused-ring (bicyclic) bond motifs is 6. The van der Waals surface area contributed by atoms with Gasteiger partial charge in [0.15, 0.2) is 11.5 Å². The monoisotopic (exact) mass is 610 g/mol. The van der Waals surface area contributed by atoms with Crippen LogP contribution in [0.2, 0.25) is 0 Å². The van der Waals surface area contributed by atoms with E-state index < -0.39 is 5.41 Å². The number of hydrogen-bond donors (Lipinski definition) is 0. The predicted molar refractivity (Wildman–Crippen MR) is 183 cm³/mol. The molecular formula is C41H30N4O2. The van der Waals surface area contributed by atoms with Crippen molar-refractivity contribution in [3.63, 3.8) is 0 Å². The third kappa shape index (κ3) is 4.07. The summed E-state index contributed by atoms with van der Waals surface area (Å²) in [5.74, 6) is 1.09. The lowest BCUT2D eigenvalue weighted by Crippen LogP contribution is -2.37. The molecule has 1 aliphatic heterocycles. The Bertz CT molecular complexity index is 2430. The Morgan fingerprint density at radius 1 is 0.596 bits per heavy atom. The summed E-state index contributed by atoms with van der Waals surface area (Å²) in [5.41, 5.74) is 6.94. The van der Waals surface area contributed by atoms with E-state index in [1.807, 2.05) is 89.8 Å². The van der Waals surface area contributed by atoms with E-state index >= 15 is 0 Å². The molecule has 0 fully saturated rings. The van der Waals surface area contributed by atoms with E-state index in [2.05, 4.69) is 45.9 Å². The van der Waals surface area contributed by atoms with Crippen LogP contribution in [0, 0.1) is 34.0 Å². The van der Waals surface area contributed by atoms with Gasteiger partial charge in [0.2, 0.25) is 0 Å². The predicted octanol–water partition coefficient (Wildman–Crippen LogP) is 10.8. The summed E-state index contributed by atoms with van der Waals surface area (Å²) in [4.78, 5) is 1.96. The van der Waals surface area contributed by atoms with Gasteiger partial charge in [-0.3, -0.25) is 0 Å². The molecule has 47 heavy (non-hydrogen) atoms. The molecule has 6 heteroatoms. The van der Waals surface area contributed by atoms with Crippen LogP contribution in [0.5, 0.6) is 11.5 Å². The Morgan fingerprint density at radius 3 is 1.94 bits per heavy atom. The van der Waals surface area contributed by atoms with Crippen LogP contribution in [0.3, 0.4) is 0 Å². The van der Waals surface area contributed by atoms with E-state index in [1.165, 1.54) is 0 Å². The Kier molecular flexibility index (Phi) is 6.04. The number of hydrogen-bond acceptors (Lipinski definition) is 6. The first-order chi connectivity index (χ1) is 22.7. The van der Waals surface area contributed by atoms with E-state index in [0.29, 0.717) is 45.3 Å². The van der Waals surface area contributed by atoms with Crippen molar-refractivity contribution >= 4 is 39.0 Å². The van der Waals surface area contributed by atoms with Crippen molar-refractivity contribution in [3.05, 3.63) is 113 Å². The number of anilines is 3. The normalized spacial score (nSPS) is 15.5. The maximum absolute atomic E-state index is 11.0. The van der Waals surface area contributed by atoms with Gasteiger partial charge in [-0.25, -0.2) is 0 Å². The molecule has 8 rings (SSSR count). The standard InChI is InChI=1S/C41H30N4O2/c1-40(2)16-17-41(3,4)38-30(23-44)39(29(22-43)28(21-42)37(38)40)45-31-15-14-25(24-10-6-5-7-11-24)18-35(31)47-36-20-34-27(19-32(36)45)26-12-8-9-13-33(26)46-34/h5-15,18-20H,16-17H2,1-4H3. The van der Waals surface area contributed by atoms with Gasteiger partial charge in [0, 0.05) is 16.8 Å². The van der Waals surface area contributed by atoms with Gasteiger partial charge < -0.3 is 14.1 Å². The highest BCUT2D eigenvalue weighted by Gasteiger charge is 2.45. The molecule has 2 heterocycles. The summed E-state index contributed by atoms with van der Waals surface area (Å²) in [6, 6.07) is 35.1. The molecular weight excluding hydrogens is 580 g/mol. The quantitative estimate of drug-likeness (QED) is 0.193. The zero-order valence-electron chi connectivity index (χ0n) is 26.6.